The normalized spacial score (nSPS) is 29.8. The van der Waals surface area contributed by atoms with E-state index in [4.69, 9.17) is 24.1 Å². The van der Waals surface area contributed by atoms with Gasteiger partial charge in [0.05, 0.1) is 19.8 Å². The van der Waals surface area contributed by atoms with Gasteiger partial charge in [-0.25, -0.2) is 4.79 Å². The van der Waals surface area contributed by atoms with Crippen LogP contribution in [0.15, 0.2) is 12.1 Å². The maximum absolute atomic E-state index is 11.1. The number of carboxylic acid groups (broad SMARTS) is 1. The SMILES string of the molecule is COc1cc(C(=O)O)cc(OC)c1O[C@@H]1O[C@@H](O)[C@H](O)[C@@H](O)[C@H]1O. The molecule has 1 aromatic carbocycles. The summed E-state index contributed by atoms with van der Waals surface area (Å²) in [4.78, 5) is 11.1. The Kier molecular flexibility index (Phi) is 5.47. The summed E-state index contributed by atoms with van der Waals surface area (Å²) in [5.74, 6) is -1.39. The second kappa shape index (κ2) is 7.20. The second-order valence-electron chi connectivity index (χ2n) is 5.00. The van der Waals surface area contributed by atoms with E-state index in [1.165, 1.54) is 14.2 Å². The number of aromatic carboxylic acids is 1. The third-order valence-electron chi connectivity index (χ3n) is 3.49. The van der Waals surface area contributed by atoms with Crippen molar-refractivity contribution in [2.75, 3.05) is 14.2 Å². The molecular weight excluding hydrogens is 328 g/mol. The van der Waals surface area contributed by atoms with Gasteiger partial charge in [0.2, 0.25) is 12.0 Å². The lowest BCUT2D eigenvalue weighted by molar-refractivity contribution is -0.321. The van der Waals surface area contributed by atoms with Crippen molar-refractivity contribution in [3.8, 4) is 17.2 Å². The largest absolute Gasteiger partial charge is 0.493 e. The predicted molar refractivity (Wildman–Crippen MR) is 76.0 cm³/mol. The highest BCUT2D eigenvalue weighted by molar-refractivity contribution is 5.89. The fourth-order valence-corrected chi connectivity index (χ4v) is 2.16. The number of ether oxygens (including phenoxy) is 4. The molecule has 1 fully saturated rings. The number of carboxylic acids is 1. The minimum absolute atomic E-state index is 0.0300. The van der Waals surface area contributed by atoms with Gasteiger partial charge in [-0.2, -0.15) is 0 Å². The zero-order valence-corrected chi connectivity index (χ0v) is 12.8. The molecule has 10 nitrogen and oxygen atoms in total. The summed E-state index contributed by atoms with van der Waals surface area (Å²) in [6.07, 6.45) is -8.45. The highest BCUT2D eigenvalue weighted by Crippen LogP contribution is 2.40. The van der Waals surface area contributed by atoms with E-state index < -0.39 is 36.9 Å². The molecule has 0 aliphatic carbocycles. The third-order valence-corrected chi connectivity index (χ3v) is 3.49. The molecule has 0 bridgehead atoms. The Bertz CT molecular complexity index is 578. The molecule has 0 spiro atoms. The number of methoxy groups -OCH3 is 2. The van der Waals surface area contributed by atoms with Crippen molar-refractivity contribution in [3.63, 3.8) is 0 Å². The number of carbonyl (C=O) groups is 1. The highest BCUT2D eigenvalue weighted by Gasteiger charge is 2.45. The zero-order valence-electron chi connectivity index (χ0n) is 12.8. The molecule has 1 aromatic rings. The molecule has 1 aliphatic rings. The molecular formula is C14H18O10. The van der Waals surface area contributed by atoms with Crippen LogP contribution in [0.4, 0.5) is 0 Å². The van der Waals surface area contributed by atoms with Crippen molar-refractivity contribution in [1.82, 2.24) is 0 Å². The first kappa shape index (κ1) is 18.2. The molecule has 1 aliphatic heterocycles. The van der Waals surface area contributed by atoms with Crippen LogP contribution in [-0.4, -0.2) is 76.6 Å². The van der Waals surface area contributed by atoms with Gasteiger partial charge in [0.15, 0.2) is 17.8 Å². The minimum Gasteiger partial charge on any atom is -0.493 e. The van der Waals surface area contributed by atoms with Gasteiger partial charge in [0.1, 0.15) is 18.3 Å². The average molecular weight is 346 g/mol. The van der Waals surface area contributed by atoms with Crippen LogP contribution < -0.4 is 14.2 Å². The molecule has 5 atom stereocenters. The van der Waals surface area contributed by atoms with Crippen LogP contribution in [0.1, 0.15) is 10.4 Å². The number of benzene rings is 1. The van der Waals surface area contributed by atoms with Crippen molar-refractivity contribution in [2.45, 2.75) is 30.9 Å². The molecule has 1 saturated heterocycles. The molecule has 10 heteroatoms. The molecule has 134 valence electrons. The van der Waals surface area contributed by atoms with Crippen LogP contribution in [0.3, 0.4) is 0 Å². The lowest BCUT2D eigenvalue weighted by atomic mass is 10.0. The van der Waals surface area contributed by atoms with Gasteiger partial charge in [-0.15, -0.1) is 0 Å². The lowest BCUT2D eigenvalue weighted by Gasteiger charge is -2.38. The standard InChI is InChI=1S/C14H18O10/c1-21-6-3-5(12(18)19)4-7(22-2)11(6)23-14-10(17)8(15)9(16)13(20)24-14/h3-4,8-10,13-17,20H,1-2H3,(H,18,19)/t8-,9-,10-,13-,14-/m1/s1. The Labute approximate surface area is 136 Å². The van der Waals surface area contributed by atoms with E-state index in [1.54, 1.807) is 0 Å². The molecule has 5 N–H and O–H groups in total. The first-order chi connectivity index (χ1) is 11.3. The number of hydrogen-bond donors (Lipinski definition) is 5. The van der Waals surface area contributed by atoms with E-state index in [9.17, 15) is 25.2 Å². The van der Waals surface area contributed by atoms with Crippen molar-refractivity contribution in [3.05, 3.63) is 17.7 Å². The Morgan fingerprint density at radius 3 is 2.00 bits per heavy atom. The average Bonchev–Trinajstić information content (AvgIpc) is 2.57. The number of rotatable bonds is 5. The first-order valence-corrected chi connectivity index (χ1v) is 6.83. The fourth-order valence-electron chi connectivity index (χ4n) is 2.16. The highest BCUT2D eigenvalue weighted by atomic mass is 16.7. The van der Waals surface area contributed by atoms with Crippen molar-refractivity contribution < 1.29 is 49.3 Å². The van der Waals surface area contributed by atoms with Gasteiger partial charge in [0, 0.05) is 0 Å². The van der Waals surface area contributed by atoms with E-state index in [0.29, 0.717) is 0 Å². The summed E-state index contributed by atoms with van der Waals surface area (Å²) in [5, 5.41) is 47.6. The van der Waals surface area contributed by atoms with Crippen LogP contribution in [0.2, 0.25) is 0 Å². The van der Waals surface area contributed by atoms with E-state index in [2.05, 4.69) is 0 Å². The molecule has 0 saturated carbocycles. The smallest absolute Gasteiger partial charge is 0.335 e. The van der Waals surface area contributed by atoms with Crippen molar-refractivity contribution in [2.24, 2.45) is 0 Å². The summed E-state index contributed by atoms with van der Waals surface area (Å²) >= 11 is 0. The van der Waals surface area contributed by atoms with Gasteiger partial charge < -0.3 is 44.5 Å². The molecule has 1 heterocycles. The lowest BCUT2D eigenvalue weighted by Crippen LogP contribution is -2.59. The predicted octanol–water partition coefficient (Wildman–Crippen LogP) is -1.46. The summed E-state index contributed by atoms with van der Waals surface area (Å²) in [6, 6.07) is 2.33. The first-order valence-electron chi connectivity index (χ1n) is 6.83. The monoisotopic (exact) mass is 346 g/mol. The van der Waals surface area contributed by atoms with Crippen LogP contribution in [0.25, 0.3) is 0 Å². The van der Waals surface area contributed by atoms with Crippen molar-refractivity contribution in [1.29, 1.82) is 0 Å². The van der Waals surface area contributed by atoms with Gasteiger partial charge >= 0.3 is 5.97 Å². The summed E-state index contributed by atoms with van der Waals surface area (Å²) in [6.45, 7) is 0. The summed E-state index contributed by atoms with van der Waals surface area (Å²) in [7, 11) is 2.53. The molecule has 0 radical (unpaired) electrons. The number of aliphatic hydroxyl groups is 4. The second-order valence-corrected chi connectivity index (χ2v) is 5.00. The van der Waals surface area contributed by atoms with E-state index in [-0.39, 0.29) is 22.8 Å². The van der Waals surface area contributed by atoms with E-state index >= 15 is 0 Å². The maximum Gasteiger partial charge on any atom is 0.335 e. The molecule has 0 unspecified atom stereocenters. The van der Waals surface area contributed by atoms with E-state index in [1.807, 2.05) is 0 Å². The van der Waals surface area contributed by atoms with Crippen LogP contribution in [0, 0.1) is 0 Å². The third kappa shape index (κ3) is 3.37. The van der Waals surface area contributed by atoms with Crippen LogP contribution >= 0.6 is 0 Å². The van der Waals surface area contributed by atoms with Gasteiger partial charge in [-0.1, -0.05) is 0 Å². The van der Waals surface area contributed by atoms with Crippen LogP contribution in [-0.2, 0) is 4.74 Å². The number of hydrogen-bond acceptors (Lipinski definition) is 9. The summed E-state index contributed by atoms with van der Waals surface area (Å²) < 4.78 is 20.4. The Hall–Kier alpha value is -2.11. The Morgan fingerprint density at radius 1 is 1.00 bits per heavy atom. The van der Waals surface area contributed by atoms with Crippen molar-refractivity contribution >= 4 is 5.97 Å². The van der Waals surface area contributed by atoms with Crippen LogP contribution in [0.5, 0.6) is 17.2 Å². The molecule has 0 amide bonds. The Balaban J connectivity index is 2.36. The maximum atomic E-state index is 11.1. The fraction of sp³-hybridized carbons (Fsp3) is 0.500. The van der Waals surface area contributed by atoms with Gasteiger partial charge in [-0.3, -0.25) is 0 Å². The minimum atomic E-state index is -1.79. The summed E-state index contributed by atoms with van der Waals surface area (Å²) in [5.41, 5.74) is -0.128. The van der Waals surface area contributed by atoms with Gasteiger partial charge in [0.25, 0.3) is 0 Å². The molecule has 2 rings (SSSR count). The van der Waals surface area contributed by atoms with E-state index in [0.717, 1.165) is 12.1 Å². The molecule has 0 aromatic heterocycles. The molecule has 24 heavy (non-hydrogen) atoms. The van der Waals surface area contributed by atoms with Gasteiger partial charge in [-0.05, 0) is 12.1 Å². The number of aliphatic hydroxyl groups excluding tert-OH is 4. The topological polar surface area (TPSA) is 155 Å². The Morgan fingerprint density at radius 2 is 1.54 bits per heavy atom. The zero-order chi connectivity index (χ0) is 18.0. The quantitative estimate of drug-likeness (QED) is 0.427.